The van der Waals surface area contributed by atoms with Crippen molar-refractivity contribution >= 4 is 0 Å². The molecule has 2 heteroatoms. The molecule has 0 bridgehead atoms. The minimum atomic E-state index is -0.471. The molecule has 1 N–H and O–H groups in total. The van der Waals surface area contributed by atoms with Gasteiger partial charge in [0, 0.05) is 11.8 Å². The van der Waals surface area contributed by atoms with Crippen molar-refractivity contribution in [1.29, 1.82) is 0 Å². The van der Waals surface area contributed by atoms with Gasteiger partial charge in [0.05, 0.1) is 6.10 Å². The van der Waals surface area contributed by atoms with E-state index in [2.05, 4.69) is 5.92 Å². The third-order valence-electron chi connectivity index (χ3n) is 3.22. The molecule has 0 saturated carbocycles. The van der Waals surface area contributed by atoms with Crippen molar-refractivity contribution in [2.45, 2.75) is 44.6 Å². The van der Waals surface area contributed by atoms with Crippen LogP contribution in [0.2, 0.25) is 0 Å². The van der Waals surface area contributed by atoms with Crippen molar-refractivity contribution in [3.05, 3.63) is 35.6 Å². The predicted molar refractivity (Wildman–Crippen MR) is 68.1 cm³/mol. The number of unbranched alkanes of at least 4 members (excludes halogenated alkanes) is 1. The lowest BCUT2D eigenvalue weighted by molar-refractivity contribution is 0.0896. The van der Waals surface area contributed by atoms with Crippen LogP contribution in [0.5, 0.6) is 0 Å². The first-order chi connectivity index (χ1) is 7.98. The van der Waals surface area contributed by atoms with Crippen molar-refractivity contribution < 1.29 is 9.50 Å². The molecule has 1 unspecified atom stereocenters. The van der Waals surface area contributed by atoms with Gasteiger partial charge in [-0.1, -0.05) is 26.0 Å². The highest BCUT2D eigenvalue weighted by Crippen LogP contribution is 2.29. The number of halogens is 1. The van der Waals surface area contributed by atoms with Crippen molar-refractivity contribution in [1.82, 2.24) is 0 Å². The largest absolute Gasteiger partial charge is 0.392 e. The Hall–Kier alpha value is -1.33. The Labute approximate surface area is 103 Å². The Morgan fingerprint density at radius 1 is 1.35 bits per heavy atom. The van der Waals surface area contributed by atoms with Crippen LogP contribution in [0.4, 0.5) is 4.39 Å². The normalized spacial score (nSPS) is 13.1. The van der Waals surface area contributed by atoms with E-state index in [0.29, 0.717) is 12.8 Å². The van der Waals surface area contributed by atoms with Crippen LogP contribution in [0.3, 0.4) is 0 Å². The Bertz CT molecular complexity index is 386. The third kappa shape index (κ3) is 3.57. The molecule has 1 aromatic carbocycles. The van der Waals surface area contributed by atoms with Crippen LogP contribution in [0.15, 0.2) is 24.3 Å². The topological polar surface area (TPSA) is 20.2 Å². The molecule has 0 heterocycles. The van der Waals surface area contributed by atoms with Gasteiger partial charge in [-0.25, -0.2) is 4.39 Å². The smallest absolute Gasteiger partial charge is 0.123 e. The fourth-order valence-electron chi connectivity index (χ4n) is 1.83. The van der Waals surface area contributed by atoms with E-state index >= 15 is 0 Å². The maximum absolute atomic E-state index is 12.8. The number of hydrogen-bond acceptors (Lipinski definition) is 1. The van der Waals surface area contributed by atoms with Crippen LogP contribution in [0.25, 0.3) is 0 Å². The first-order valence-corrected chi connectivity index (χ1v) is 5.86. The first kappa shape index (κ1) is 13.7. The number of terminal acetylenes is 1. The Morgan fingerprint density at radius 2 is 1.94 bits per heavy atom. The molecule has 0 saturated heterocycles. The second-order valence-electron chi connectivity index (χ2n) is 4.84. The number of benzene rings is 1. The summed E-state index contributed by atoms with van der Waals surface area (Å²) >= 11 is 0. The van der Waals surface area contributed by atoms with Gasteiger partial charge in [0.1, 0.15) is 5.82 Å². The lowest BCUT2D eigenvalue weighted by atomic mass is 9.77. The summed E-state index contributed by atoms with van der Waals surface area (Å²) in [5, 5.41) is 10.2. The first-order valence-electron chi connectivity index (χ1n) is 5.86. The molecule has 0 fully saturated rings. The predicted octanol–water partition coefficient (Wildman–Crippen LogP) is 3.27. The average Bonchev–Trinajstić information content (AvgIpc) is 2.29. The lowest BCUT2D eigenvalue weighted by Gasteiger charge is -2.31. The lowest BCUT2D eigenvalue weighted by Crippen LogP contribution is -2.33. The third-order valence-corrected chi connectivity index (χ3v) is 3.22. The van der Waals surface area contributed by atoms with E-state index in [1.54, 1.807) is 12.1 Å². The number of aliphatic hydroxyl groups is 1. The second-order valence-corrected chi connectivity index (χ2v) is 4.84. The van der Waals surface area contributed by atoms with E-state index in [4.69, 9.17) is 6.42 Å². The number of aliphatic hydroxyl groups excluding tert-OH is 1. The summed E-state index contributed by atoms with van der Waals surface area (Å²) in [5.41, 5.74) is 0.551. The van der Waals surface area contributed by atoms with E-state index in [9.17, 15) is 9.50 Å². The van der Waals surface area contributed by atoms with Gasteiger partial charge in [-0.05, 0) is 30.5 Å². The van der Waals surface area contributed by atoms with Crippen molar-refractivity contribution in [2.24, 2.45) is 0 Å². The fraction of sp³-hybridized carbons (Fsp3) is 0.467. The van der Waals surface area contributed by atoms with Crippen molar-refractivity contribution in [3.63, 3.8) is 0 Å². The van der Waals surface area contributed by atoms with E-state index in [1.807, 2.05) is 13.8 Å². The summed E-state index contributed by atoms with van der Waals surface area (Å²) in [4.78, 5) is 0. The van der Waals surface area contributed by atoms with Crippen LogP contribution >= 0.6 is 0 Å². The summed E-state index contributed by atoms with van der Waals surface area (Å²) in [6.45, 7) is 3.92. The van der Waals surface area contributed by atoms with Crippen LogP contribution in [0, 0.1) is 18.2 Å². The summed E-state index contributed by atoms with van der Waals surface area (Å²) < 4.78 is 12.8. The zero-order valence-corrected chi connectivity index (χ0v) is 10.4. The highest BCUT2D eigenvalue weighted by atomic mass is 19.1. The molecule has 1 aromatic rings. The Balaban J connectivity index is 2.72. The molecule has 0 aliphatic rings. The molecule has 0 amide bonds. The average molecular weight is 234 g/mol. The molecule has 0 aromatic heterocycles. The van der Waals surface area contributed by atoms with Crippen molar-refractivity contribution in [3.8, 4) is 12.3 Å². The molecule has 1 nitrogen and oxygen atoms in total. The van der Waals surface area contributed by atoms with Gasteiger partial charge in [0.25, 0.3) is 0 Å². The standard InChI is InChI=1S/C15H19FO/c1-4-5-6-7-14(17)15(2,3)12-8-10-13(16)11-9-12/h1,8-11,14,17H,5-7H2,2-3H3. The van der Waals surface area contributed by atoms with Gasteiger partial charge in [0.2, 0.25) is 0 Å². The van der Waals surface area contributed by atoms with Gasteiger partial charge < -0.3 is 5.11 Å². The summed E-state index contributed by atoms with van der Waals surface area (Å²) in [6, 6.07) is 6.29. The molecule has 1 rings (SSSR count). The van der Waals surface area contributed by atoms with Crippen LogP contribution in [0.1, 0.15) is 38.7 Å². The van der Waals surface area contributed by atoms with Gasteiger partial charge in [-0.15, -0.1) is 12.3 Å². The fourth-order valence-corrected chi connectivity index (χ4v) is 1.83. The van der Waals surface area contributed by atoms with Crippen LogP contribution in [-0.4, -0.2) is 11.2 Å². The molecular weight excluding hydrogens is 215 g/mol. The van der Waals surface area contributed by atoms with Gasteiger partial charge in [-0.2, -0.15) is 0 Å². The number of hydrogen-bond donors (Lipinski definition) is 1. The second kappa shape index (κ2) is 5.84. The van der Waals surface area contributed by atoms with E-state index in [0.717, 1.165) is 12.0 Å². The molecule has 0 spiro atoms. The zero-order valence-electron chi connectivity index (χ0n) is 10.4. The monoisotopic (exact) mass is 234 g/mol. The van der Waals surface area contributed by atoms with Gasteiger partial charge >= 0.3 is 0 Å². The van der Waals surface area contributed by atoms with Crippen LogP contribution < -0.4 is 0 Å². The highest BCUT2D eigenvalue weighted by Gasteiger charge is 2.29. The molecular formula is C15H19FO. The number of rotatable bonds is 5. The van der Waals surface area contributed by atoms with Crippen molar-refractivity contribution in [2.75, 3.05) is 0 Å². The maximum atomic E-state index is 12.8. The molecule has 0 aliphatic carbocycles. The van der Waals surface area contributed by atoms with Gasteiger partial charge in [0.15, 0.2) is 0 Å². The van der Waals surface area contributed by atoms with E-state index in [-0.39, 0.29) is 11.2 Å². The quantitative estimate of drug-likeness (QED) is 0.612. The molecule has 1 atom stereocenters. The maximum Gasteiger partial charge on any atom is 0.123 e. The van der Waals surface area contributed by atoms with E-state index < -0.39 is 6.10 Å². The van der Waals surface area contributed by atoms with Gasteiger partial charge in [-0.3, -0.25) is 0 Å². The molecule has 17 heavy (non-hydrogen) atoms. The van der Waals surface area contributed by atoms with Crippen LogP contribution in [-0.2, 0) is 5.41 Å². The Morgan fingerprint density at radius 3 is 2.47 bits per heavy atom. The Kier molecular flexibility index (Phi) is 4.72. The molecule has 92 valence electrons. The summed E-state index contributed by atoms with van der Waals surface area (Å²) in [7, 11) is 0. The SMILES string of the molecule is C#CCCCC(O)C(C)(C)c1ccc(F)cc1. The minimum Gasteiger partial charge on any atom is -0.392 e. The summed E-state index contributed by atoms with van der Waals surface area (Å²) in [5.74, 6) is 2.30. The zero-order chi connectivity index (χ0) is 12.9. The highest BCUT2D eigenvalue weighted by molar-refractivity contribution is 5.25. The summed E-state index contributed by atoms with van der Waals surface area (Å²) in [6.07, 6.45) is 6.85. The van der Waals surface area contributed by atoms with E-state index in [1.165, 1.54) is 12.1 Å². The molecule has 0 radical (unpaired) electrons. The molecule has 0 aliphatic heterocycles. The minimum absolute atomic E-state index is 0.258.